The number of likely N-dealkylation sites (N-methyl/N-ethyl adjacent to an activating group) is 1. The van der Waals surface area contributed by atoms with Crippen molar-refractivity contribution in [2.45, 2.75) is 19.9 Å². The predicted molar refractivity (Wildman–Crippen MR) is 68.4 cm³/mol. The first-order valence-corrected chi connectivity index (χ1v) is 5.80. The number of hydrogen-bond acceptors (Lipinski definition) is 5. The molecule has 0 bridgehead atoms. The van der Waals surface area contributed by atoms with Crippen molar-refractivity contribution in [1.29, 1.82) is 0 Å². The second-order valence-corrected chi connectivity index (χ2v) is 3.94. The molecule has 1 unspecified atom stereocenters. The lowest BCUT2D eigenvalue weighted by Gasteiger charge is -2.14. The van der Waals surface area contributed by atoms with E-state index < -0.39 is 16.9 Å². The van der Waals surface area contributed by atoms with E-state index in [0.29, 0.717) is 12.1 Å². The van der Waals surface area contributed by atoms with E-state index >= 15 is 0 Å². The Balaban J connectivity index is 2.85. The van der Waals surface area contributed by atoms with Gasteiger partial charge in [-0.15, -0.1) is 0 Å². The Morgan fingerprint density at radius 2 is 2.26 bits per heavy atom. The lowest BCUT2D eigenvalue weighted by atomic mass is 10.2. The van der Waals surface area contributed by atoms with Crippen LogP contribution in [0.15, 0.2) is 18.2 Å². The van der Waals surface area contributed by atoms with E-state index in [4.69, 9.17) is 9.84 Å². The number of para-hydroxylation sites is 1. The van der Waals surface area contributed by atoms with Crippen molar-refractivity contribution in [2.24, 2.45) is 0 Å². The molecular weight excluding hydrogens is 252 g/mol. The molecule has 1 aromatic rings. The largest absolute Gasteiger partial charge is 0.485 e. The number of carboxylic acids is 1. The smallest absolute Gasteiger partial charge is 0.324 e. The average molecular weight is 268 g/mol. The van der Waals surface area contributed by atoms with Crippen LogP contribution in [-0.2, 0) is 4.79 Å². The van der Waals surface area contributed by atoms with Crippen molar-refractivity contribution in [1.82, 2.24) is 5.32 Å². The third kappa shape index (κ3) is 3.92. The highest BCUT2D eigenvalue weighted by atomic mass is 16.6. The van der Waals surface area contributed by atoms with Crippen molar-refractivity contribution in [3.8, 4) is 5.75 Å². The molecule has 7 nitrogen and oxygen atoms in total. The number of nitro benzene ring substituents is 1. The van der Waals surface area contributed by atoms with Gasteiger partial charge in [-0.1, -0.05) is 19.1 Å². The number of ether oxygens (including phenoxy) is 1. The summed E-state index contributed by atoms with van der Waals surface area (Å²) >= 11 is 0. The molecule has 0 saturated carbocycles. The van der Waals surface area contributed by atoms with Crippen LogP contribution in [0.1, 0.15) is 12.5 Å². The minimum absolute atomic E-state index is 0.0779. The molecule has 0 aliphatic heterocycles. The van der Waals surface area contributed by atoms with Gasteiger partial charge in [0, 0.05) is 5.56 Å². The summed E-state index contributed by atoms with van der Waals surface area (Å²) in [4.78, 5) is 21.3. The first-order chi connectivity index (χ1) is 8.97. The lowest BCUT2D eigenvalue weighted by Crippen LogP contribution is -2.41. The van der Waals surface area contributed by atoms with Crippen LogP contribution in [0, 0.1) is 17.0 Å². The van der Waals surface area contributed by atoms with E-state index in [0.717, 1.165) is 0 Å². The van der Waals surface area contributed by atoms with Crippen LogP contribution in [0.5, 0.6) is 5.75 Å². The Morgan fingerprint density at radius 1 is 1.58 bits per heavy atom. The van der Waals surface area contributed by atoms with Crippen molar-refractivity contribution in [2.75, 3.05) is 13.2 Å². The molecule has 0 heterocycles. The molecule has 104 valence electrons. The first kappa shape index (κ1) is 14.9. The lowest BCUT2D eigenvalue weighted by molar-refractivity contribution is -0.386. The number of hydrogen-bond donors (Lipinski definition) is 2. The van der Waals surface area contributed by atoms with Gasteiger partial charge in [-0.2, -0.15) is 0 Å². The van der Waals surface area contributed by atoms with Gasteiger partial charge < -0.3 is 15.2 Å². The second-order valence-electron chi connectivity index (χ2n) is 3.94. The van der Waals surface area contributed by atoms with Gasteiger partial charge in [-0.3, -0.25) is 14.9 Å². The SMILES string of the molecule is CCNC(COc1cccc(C)c1[N+](=O)[O-])C(=O)O. The summed E-state index contributed by atoms with van der Waals surface area (Å²) in [5.41, 5.74) is 0.334. The summed E-state index contributed by atoms with van der Waals surface area (Å²) in [6.07, 6.45) is 0. The zero-order valence-corrected chi connectivity index (χ0v) is 10.8. The second kappa shape index (κ2) is 6.69. The molecule has 2 N–H and O–H groups in total. The zero-order chi connectivity index (χ0) is 14.4. The Kier molecular flexibility index (Phi) is 5.25. The molecule has 0 radical (unpaired) electrons. The number of carboxylic acid groups (broad SMARTS) is 1. The van der Waals surface area contributed by atoms with Gasteiger partial charge in [-0.05, 0) is 19.5 Å². The van der Waals surface area contributed by atoms with Crippen molar-refractivity contribution in [3.63, 3.8) is 0 Å². The van der Waals surface area contributed by atoms with E-state index in [-0.39, 0.29) is 18.0 Å². The number of aliphatic carboxylic acids is 1. The van der Waals surface area contributed by atoms with Crippen molar-refractivity contribution in [3.05, 3.63) is 33.9 Å². The van der Waals surface area contributed by atoms with E-state index in [2.05, 4.69) is 5.32 Å². The van der Waals surface area contributed by atoms with Crippen LogP contribution >= 0.6 is 0 Å². The molecule has 19 heavy (non-hydrogen) atoms. The summed E-state index contributed by atoms with van der Waals surface area (Å²) in [6, 6.07) is 3.78. The highest BCUT2D eigenvalue weighted by molar-refractivity contribution is 5.73. The normalized spacial score (nSPS) is 11.9. The number of nitro groups is 1. The molecule has 0 aliphatic carbocycles. The maximum absolute atomic E-state index is 10.9. The fourth-order valence-corrected chi connectivity index (χ4v) is 1.62. The van der Waals surface area contributed by atoms with Gasteiger partial charge in [0.05, 0.1) is 4.92 Å². The fourth-order valence-electron chi connectivity index (χ4n) is 1.62. The summed E-state index contributed by atoms with van der Waals surface area (Å²) < 4.78 is 5.27. The molecule has 0 fully saturated rings. The topological polar surface area (TPSA) is 102 Å². The summed E-state index contributed by atoms with van der Waals surface area (Å²) in [7, 11) is 0. The van der Waals surface area contributed by atoms with E-state index in [9.17, 15) is 14.9 Å². The molecular formula is C12H16N2O5. The quantitative estimate of drug-likeness (QED) is 0.571. The minimum atomic E-state index is -1.06. The van der Waals surface area contributed by atoms with E-state index in [1.165, 1.54) is 6.07 Å². The summed E-state index contributed by atoms with van der Waals surface area (Å²) in [5, 5.41) is 22.6. The number of aryl methyl sites for hydroxylation is 1. The first-order valence-electron chi connectivity index (χ1n) is 5.80. The standard InChI is InChI=1S/C12H16N2O5/c1-3-13-9(12(15)16)7-19-10-6-4-5-8(2)11(10)14(17)18/h4-6,9,13H,3,7H2,1-2H3,(H,15,16). The van der Waals surface area contributed by atoms with Crippen LogP contribution in [0.3, 0.4) is 0 Å². The van der Waals surface area contributed by atoms with Crippen LogP contribution in [0.25, 0.3) is 0 Å². The van der Waals surface area contributed by atoms with Gasteiger partial charge in [0.25, 0.3) is 0 Å². The maximum Gasteiger partial charge on any atom is 0.324 e. The van der Waals surface area contributed by atoms with Crippen LogP contribution in [0.4, 0.5) is 5.69 Å². The van der Waals surface area contributed by atoms with Gasteiger partial charge in [-0.25, -0.2) is 0 Å². The van der Waals surface area contributed by atoms with Gasteiger partial charge in [0.1, 0.15) is 12.6 Å². The molecule has 0 aromatic heterocycles. The molecule has 1 rings (SSSR count). The molecule has 1 aromatic carbocycles. The van der Waals surface area contributed by atoms with E-state index in [1.54, 1.807) is 26.0 Å². The van der Waals surface area contributed by atoms with Crippen molar-refractivity contribution >= 4 is 11.7 Å². The molecule has 0 saturated heterocycles. The van der Waals surface area contributed by atoms with Crippen LogP contribution < -0.4 is 10.1 Å². The average Bonchev–Trinajstić information content (AvgIpc) is 2.33. The Hall–Kier alpha value is -2.15. The monoisotopic (exact) mass is 268 g/mol. The third-order valence-corrected chi connectivity index (χ3v) is 2.54. The predicted octanol–water partition coefficient (Wildman–Crippen LogP) is 1.34. The molecule has 0 aliphatic rings. The summed E-state index contributed by atoms with van der Waals surface area (Å²) in [5.74, 6) is -0.980. The third-order valence-electron chi connectivity index (χ3n) is 2.54. The minimum Gasteiger partial charge on any atom is -0.485 e. The fraction of sp³-hybridized carbons (Fsp3) is 0.417. The van der Waals surface area contributed by atoms with E-state index in [1.807, 2.05) is 0 Å². The number of nitrogens with one attached hydrogen (secondary N) is 1. The molecule has 7 heteroatoms. The number of nitrogens with zero attached hydrogens (tertiary/aromatic N) is 1. The van der Waals surface area contributed by atoms with Crippen LogP contribution in [-0.4, -0.2) is 35.2 Å². The molecule has 0 amide bonds. The Morgan fingerprint density at radius 3 is 2.79 bits per heavy atom. The molecule has 0 spiro atoms. The summed E-state index contributed by atoms with van der Waals surface area (Å²) in [6.45, 7) is 3.67. The Bertz CT molecular complexity index is 475. The Labute approximate surface area is 110 Å². The van der Waals surface area contributed by atoms with Gasteiger partial charge in [0.15, 0.2) is 5.75 Å². The number of carbonyl (C=O) groups is 1. The van der Waals surface area contributed by atoms with Gasteiger partial charge in [0.2, 0.25) is 0 Å². The van der Waals surface area contributed by atoms with Crippen molar-refractivity contribution < 1.29 is 19.6 Å². The van der Waals surface area contributed by atoms with Crippen LogP contribution in [0.2, 0.25) is 0 Å². The number of benzene rings is 1. The van der Waals surface area contributed by atoms with Gasteiger partial charge >= 0.3 is 11.7 Å². The maximum atomic E-state index is 10.9. The highest BCUT2D eigenvalue weighted by Gasteiger charge is 2.21. The molecule has 1 atom stereocenters. The number of rotatable bonds is 7. The zero-order valence-electron chi connectivity index (χ0n) is 10.8. The highest BCUT2D eigenvalue weighted by Crippen LogP contribution is 2.30.